The lowest BCUT2D eigenvalue weighted by Gasteiger charge is -2.22. The summed E-state index contributed by atoms with van der Waals surface area (Å²) in [5.74, 6) is 0.0731. The van der Waals surface area contributed by atoms with E-state index in [1.165, 1.54) is 23.3 Å². The number of fused-ring (bicyclic) bond motifs is 2. The summed E-state index contributed by atoms with van der Waals surface area (Å²) < 4.78 is 6.95. The average Bonchev–Trinajstić information content (AvgIpc) is 3.44. The van der Waals surface area contributed by atoms with Gasteiger partial charge in [0.25, 0.3) is 5.91 Å². The first-order chi connectivity index (χ1) is 13.3. The van der Waals surface area contributed by atoms with Crippen molar-refractivity contribution in [1.82, 2.24) is 4.98 Å². The molecule has 5 rings (SSSR count). The van der Waals surface area contributed by atoms with Crippen LogP contribution in [0.3, 0.4) is 0 Å². The lowest BCUT2D eigenvalue weighted by atomic mass is 9.99. The maximum absolute atomic E-state index is 13.5. The summed E-state index contributed by atoms with van der Waals surface area (Å²) in [4.78, 5) is 22.3. The number of aromatic nitrogens is 1. The van der Waals surface area contributed by atoms with Crippen molar-refractivity contribution in [3.63, 3.8) is 0 Å². The van der Waals surface area contributed by atoms with Gasteiger partial charge in [-0.3, -0.25) is 9.69 Å². The summed E-state index contributed by atoms with van der Waals surface area (Å²) in [6, 6.07) is 10.2. The lowest BCUT2D eigenvalue weighted by Crippen LogP contribution is -2.37. The van der Waals surface area contributed by atoms with Gasteiger partial charge in [0.2, 0.25) is 0 Å². The maximum atomic E-state index is 13.5. The van der Waals surface area contributed by atoms with E-state index in [1.54, 1.807) is 22.7 Å². The quantitative estimate of drug-likeness (QED) is 0.617. The summed E-state index contributed by atoms with van der Waals surface area (Å²) in [6.45, 7) is 1.38. The number of nitrogens with zero attached hydrogens (tertiary/aromatic N) is 2. The van der Waals surface area contributed by atoms with Crippen molar-refractivity contribution in [3.05, 3.63) is 45.6 Å². The molecule has 0 bridgehead atoms. The Hall–Kier alpha value is -1.76. The van der Waals surface area contributed by atoms with E-state index >= 15 is 0 Å². The number of aryl methyl sites for hydroxylation is 2. The van der Waals surface area contributed by atoms with Gasteiger partial charge in [-0.1, -0.05) is 23.5 Å². The second-order valence-electron chi connectivity index (χ2n) is 7.28. The highest BCUT2D eigenvalue weighted by Gasteiger charge is 2.29. The van der Waals surface area contributed by atoms with Crippen LogP contribution in [0.4, 0.5) is 5.13 Å². The summed E-state index contributed by atoms with van der Waals surface area (Å²) >= 11 is 3.27. The number of thiazole rings is 1. The third kappa shape index (κ3) is 3.42. The molecule has 1 saturated heterocycles. The highest BCUT2D eigenvalue weighted by molar-refractivity contribution is 7.22. The van der Waals surface area contributed by atoms with Crippen molar-refractivity contribution >= 4 is 43.9 Å². The molecule has 2 aliphatic rings. The molecule has 3 heterocycles. The Kier molecular flexibility index (Phi) is 4.71. The number of rotatable bonds is 4. The number of carbonyl (C=O) groups is 1. The molecule has 4 nitrogen and oxygen atoms in total. The number of hydrogen-bond donors (Lipinski definition) is 0. The largest absolute Gasteiger partial charge is 0.376 e. The van der Waals surface area contributed by atoms with Crippen molar-refractivity contribution < 1.29 is 9.53 Å². The molecule has 1 aliphatic carbocycles. The number of amides is 1. The second kappa shape index (κ2) is 7.34. The van der Waals surface area contributed by atoms with Crippen molar-refractivity contribution in [2.75, 3.05) is 18.1 Å². The highest BCUT2D eigenvalue weighted by atomic mass is 32.1. The summed E-state index contributed by atoms with van der Waals surface area (Å²) in [5, 5.41) is 0.781. The predicted octanol–water partition coefficient (Wildman–Crippen LogP) is 5.06. The van der Waals surface area contributed by atoms with E-state index in [9.17, 15) is 4.79 Å². The molecule has 0 unspecified atom stereocenters. The van der Waals surface area contributed by atoms with Crippen molar-refractivity contribution in [3.8, 4) is 0 Å². The molecule has 140 valence electrons. The van der Waals surface area contributed by atoms with Crippen molar-refractivity contribution in [2.24, 2.45) is 0 Å². The Morgan fingerprint density at radius 3 is 2.89 bits per heavy atom. The van der Waals surface area contributed by atoms with Crippen LogP contribution in [0.5, 0.6) is 0 Å². The van der Waals surface area contributed by atoms with Crippen molar-refractivity contribution in [2.45, 2.75) is 44.6 Å². The Morgan fingerprint density at radius 2 is 2.07 bits per heavy atom. The number of carbonyl (C=O) groups excluding carboxylic acids is 1. The standard InChI is InChI=1S/C21H22N2O2S2/c24-20(19-12-14-6-1-3-9-17(14)26-19)23(13-15-7-5-11-25-15)21-22-16-8-2-4-10-18(16)27-21/h2,4,8,10,12,15H,1,3,5-7,9,11,13H2/t15-/m1/s1. The Labute approximate surface area is 166 Å². The minimum absolute atomic E-state index is 0.0731. The molecule has 0 radical (unpaired) electrons. The van der Waals surface area contributed by atoms with Gasteiger partial charge in [0.15, 0.2) is 5.13 Å². The van der Waals surface area contributed by atoms with Crippen LogP contribution in [0.1, 0.15) is 45.8 Å². The molecule has 6 heteroatoms. The molecule has 0 saturated carbocycles. The van der Waals surface area contributed by atoms with Crippen LogP contribution < -0.4 is 4.90 Å². The number of anilines is 1. The molecular formula is C21H22N2O2S2. The zero-order chi connectivity index (χ0) is 18.2. The molecule has 27 heavy (non-hydrogen) atoms. The minimum Gasteiger partial charge on any atom is -0.376 e. The van der Waals surface area contributed by atoms with Gasteiger partial charge in [-0.05, 0) is 62.3 Å². The van der Waals surface area contributed by atoms with E-state index in [2.05, 4.69) is 12.1 Å². The van der Waals surface area contributed by atoms with Gasteiger partial charge in [-0.2, -0.15) is 0 Å². The third-order valence-electron chi connectivity index (χ3n) is 5.38. The van der Waals surface area contributed by atoms with Gasteiger partial charge in [0.05, 0.1) is 27.7 Å². The lowest BCUT2D eigenvalue weighted by molar-refractivity contribution is 0.0920. The number of hydrogen-bond acceptors (Lipinski definition) is 5. The SMILES string of the molecule is O=C(c1cc2c(s1)CCCC2)N(C[C@H]1CCCO1)c1nc2ccccc2s1. The van der Waals surface area contributed by atoms with Gasteiger partial charge in [0.1, 0.15) is 0 Å². The van der Waals surface area contributed by atoms with Crippen molar-refractivity contribution in [1.29, 1.82) is 0 Å². The first-order valence-corrected chi connectivity index (χ1v) is 11.3. The van der Waals surface area contributed by atoms with E-state index in [4.69, 9.17) is 9.72 Å². The molecule has 1 fully saturated rings. The Bertz CT molecular complexity index is 915. The zero-order valence-electron chi connectivity index (χ0n) is 15.1. The fourth-order valence-electron chi connectivity index (χ4n) is 3.94. The molecule has 3 aromatic rings. The molecule has 0 N–H and O–H groups in total. The normalized spacial score (nSPS) is 19.3. The van der Waals surface area contributed by atoms with Crippen LogP contribution in [-0.4, -0.2) is 30.1 Å². The number of thiophene rings is 1. The van der Waals surface area contributed by atoms with E-state index in [-0.39, 0.29) is 12.0 Å². The van der Waals surface area contributed by atoms with Crippen LogP contribution in [-0.2, 0) is 17.6 Å². The molecule has 1 aromatic carbocycles. The van der Waals surface area contributed by atoms with E-state index in [0.717, 1.165) is 52.5 Å². The molecule has 1 amide bonds. The summed E-state index contributed by atoms with van der Waals surface area (Å²) in [7, 11) is 0. The van der Waals surface area contributed by atoms with Gasteiger partial charge < -0.3 is 4.74 Å². The van der Waals surface area contributed by atoms with E-state index in [1.807, 2.05) is 23.1 Å². The van der Waals surface area contributed by atoms with E-state index < -0.39 is 0 Å². The van der Waals surface area contributed by atoms with Gasteiger partial charge in [0, 0.05) is 11.5 Å². The maximum Gasteiger partial charge on any atom is 0.270 e. The topological polar surface area (TPSA) is 42.4 Å². The number of ether oxygens (including phenoxy) is 1. The van der Waals surface area contributed by atoms with Crippen LogP contribution in [0, 0.1) is 0 Å². The highest BCUT2D eigenvalue weighted by Crippen LogP contribution is 2.34. The van der Waals surface area contributed by atoms with E-state index in [0.29, 0.717) is 6.54 Å². The Balaban J connectivity index is 1.50. The fraction of sp³-hybridized carbons (Fsp3) is 0.429. The average molecular weight is 399 g/mol. The summed E-state index contributed by atoms with van der Waals surface area (Å²) in [6.07, 6.45) is 6.87. The first kappa shape index (κ1) is 17.3. The zero-order valence-corrected chi connectivity index (χ0v) is 16.8. The number of benzene rings is 1. The molecule has 2 aromatic heterocycles. The first-order valence-electron chi connectivity index (χ1n) is 9.68. The smallest absolute Gasteiger partial charge is 0.270 e. The molecule has 1 atom stereocenters. The predicted molar refractivity (Wildman–Crippen MR) is 111 cm³/mol. The monoisotopic (exact) mass is 398 g/mol. The van der Waals surface area contributed by atoms with Crippen LogP contribution >= 0.6 is 22.7 Å². The van der Waals surface area contributed by atoms with Crippen LogP contribution in [0.2, 0.25) is 0 Å². The van der Waals surface area contributed by atoms with Gasteiger partial charge >= 0.3 is 0 Å². The molecule has 1 aliphatic heterocycles. The second-order valence-corrected chi connectivity index (χ2v) is 9.43. The summed E-state index contributed by atoms with van der Waals surface area (Å²) in [5.41, 5.74) is 2.32. The molecule has 0 spiro atoms. The van der Waals surface area contributed by atoms with Crippen LogP contribution in [0.25, 0.3) is 10.2 Å². The molecular weight excluding hydrogens is 376 g/mol. The van der Waals surface area contributed by atoms with Gasteiger partial charge in [-0.25, -0.2) is 4.98 Å². The van der Waals surface area contributed by atoms with Crippen LogP contribution in [0.15, 0.2) is 30.3 Å². The third-order valence-corrected chi connectivity index (χ3v) is 7.66. The minimum atomic E-state index is 0.0731. The Morgan fingerprint density at radius 1 is 1.19 bits per heavy atom. The fourth-order valence-corrected chi connectivity index (χ4v) is 6.12. The number of para-hydroxylation sites is 1. The van der Waals surface area contributed by atoms with Gasteiger partial charge in [-0.15, -0.1) is 11.3 Å².